The summed E-state index contributed by atoms with van der Waals surface area (Å²) in [5, 5.41) is 10.2. The second-order valence-corrected chi connectivity index (χ2v) is 6.74. The molecule has 0 aliphatic carbocycles. The molecule has 26 heavy (non-hydrogen) atoms. The van der Waals surface area contributed by atoms with Crippen molar-refractivity contribution < 1.29 is 14.3 Å². The van der Waals surface area contributed by atoms with Crippen LogP contribution < -0.4 is 10.2 Å². The van der Waals surface area contributed by atoms with Gasteiger partial charge in [-0.1, -0.05) is 23.7 Å². The lowest BCUT2D eigenvalue weighted by atomic mass is 10.0. The van der Waals surface area contributed by atoms with Crippen LogP contribution in [0, 0.1) is 0 Å². The molecule has 0 atom stereocenters. The Bertz CT molecular complexity index is 997. The highest BCUT2D eigenvalue weighted by Gasteiger charge is 2.22. The maximum absolute atomic E-state index is 13.0. The van der Waals surface area contributed by atoms with Gasteiger partial charge in [-0.05, 0) is 36.2 Å². The minimum Gasteiger partial charge on any atom is -0.478 e. The first-order valence-corrected chi connectivity index (χ1v) is 8.84. The van der Waals surface area contributed by atoms with Gasteiger partial charge in [0.25, 0.3) is 0 Å². The van der Waals surface area contributed by atoms with Gasteiger partial charge in [0.1, 0.15) is 24.3 Å². The number of aliphatic hydroxyl groups is 1. The Labute approximate surface area is 155 Å². The van der Waals surface area contributed by atoms with Gasteiger partial charge in [0.05, 0.1) is 16.5 Å². The SMILES string of the molecule is O=c1c(-c2ccc(Cl)cc2)coc2c3c(ccc12)OCN(CCCO)C3. The van der Waals surface area contributed by atoms with E-state index in [1.807, 2.05) is 6.07 Å². The van der Waals surface area contributed by atoms with Crippen molar-refractivity contribution in [1.29, 1.82) is 0 Å². The van der Waals surface area contributed by atoms with E-state index >= 15 is 0 Å². The molecule has 0 bridgehead atoms. The Kier molecular flexibility index (Phi) is 4.68. The number of nitrogens with zero attached hydrogens (tertiary/aromatic N) is 1. The highest BCUT2D eigenvalue weighted by Crippen LogP contribution is 2.32. The van der Waals surface area contributed by atoms with Gasteiger partial charge < -0.3 is 14.3 Å². The van der Waals surface area contributed by atoms with Crippen LogP contribution in [-0.2, 0) is 6.54 Å². The minimum atomic E-state index is -0.0798. The van der Waals surface area contributed by atoms with Crippen LogP contribution in [0.25, 0.3) is 22.1 Å². The van der Waals surface area contributed by atoms with E-state index in [9.17, 15) is 4.79 Å². The molecule has 1 aliphatic rings. The minimum absolute atomic E-state index is 0.0798. The van der Waals surface area contributed by atoms with Crippen LogP contribution >= 0.6 is 11.6 Å². The Morgan fingerprint density at radius 1 is 1.15 bits per heavy atom. The monoisotopic (exact) mass is 371 g/mol. The first-order chi connectivity index (χ1) is 12.7. The summed E-state index contributed by atoms with van der Waals surface area (Å²) < 4.78 is 11.6. The third kappa shape index (κ3) is 3.09. The van der Waals surface area contributed by atoms with Crippen molar-refractivity contribution in [2.24, 2.45) is 0 Å². The fraction of sp³-hybridized carbons (Fsp3) is 0.250. The number of ether oxygens (including phenoxy) is 1. The summed E-state index contributed by atoms with van der Waals surface area (Å²) in [6.45, 7) is 1.94. The smallest absolute Gasteiger partial charge is 0.200 e. The lowest BCUT2D eigenvalue weighted by Crippen LogP contribution is -2.33. The second-order valence-electron chi connectivity index (χ2n) is 6.31. The van der Waals surface area contributed by atoms with E-state index in [4.69, 9.17) is 25.9 Å². The summed E-state index contributed by atoms with van der Waals surface area (Å²) in [4.78, 5) is 15.0. The van der Waals surface area contributed by atoms with E-state index in [0.717, 1.165) is 23.4 Å². The van der Waals surface area contributed by atoms with Crippen LogP contribution in [0.5, 0.6) is 5.75 Å². The fourth-order valence-electron chi connectivity index (χ4n) is 3.22. The Morgan fingerprint density at radius 3 is 2.73 bits per heavy atom. The normalized spacial score (nSPS) is 14.2. The lowest BCUT2D eigenvalue weighted by Gasteiger charge is -2.29. The topological polar surface area (TPSA) is 62.9 Å². The van der Waals surface area contributed by atoms with Crippen LogP contribution in [0.1, 0.15) is 12.0 Å². The Balaban J connectivity index is 1.78. The van der Waals surface area contributed by atoms with Crippen molar-refractivity contribution >= 4 is 22.6 Å². The standard InChI is InChI=1S/C20H18ClNO4/c21-14-4-2-13(3-5-14)17-11-25-20-15(19(17)24)6-7-18-16(20)10-22(12-26-18)8-1-9-23/h2-7,11,23H,1,8-10,12H2. The van der Waals surface area contributed by atoms with Gasteiger partial charge in [-0.2, -0.15) is 0 Å². The molecule has 0 saturated heterocycles. The summed E-state index contributed by atoms with van der Waals surface area (Å²) >= 11 is 5.93. The van der Waals surface area contributed by atoms with Crippen molar-refractivity contribution in [1.82, 2.24) is 4.90 Å². The summed E-state index contributed by atoms with van der Waals surface area (Å²) in [5.41, 5.74) is 2.61. The van der Waals surface area contributed by atoms with Crippen molar-refractivity contribution in [3.63, 3.8) is 0 Å². The first-order valence-electron chi connectivity index (χ1n) is 8.46. The molecule has 0 spiro atoms. The van der Waals surface area contributed by atoms with Gasteiger partial charge >= 0.3 is 0 Å². The molecular weight excluding hydrogens is 354 g/mol. The predicted molar refractivity (Wildman–Crippen MR) is 101 cm³/mol. The number of rotatable bonds is 4. The van der Waals surface area contributed by atoms with Crippen LogP contribution in [0.2, 0.25) is 5.02 Å². The number of halogens is 1. The Morgan fingerprint density at radius 2 is 1.96 bits per heavy atom. The number of hydrogen-bond donors (Lipinski definition) is 1. The van der Waals surface area contributed by atoms with Crippen molar-refractivity contribution in [3.05, 3.63) is 63.5 Å². The first kappa shape index (κ1) is 17.1. The van der Waals surface area contributed by atoms with E-state index in [-0.39, 0.29) is 12.0 Å². The molecule has 0 unspecified atom stereocenters. The third-order valence-electron chi connectivity index (χ3n) is 4.57. The average molecular weight is 372 g/mol. The van der Waals surface area contributed by atoms with Gasteiger partial charge in [-0.25, -0.2) is 0 Å². The van der Waals surface area contributed by atoms with Crippen LogP contribution in [0.3, 0.4) is 0 Å². The van der Waals surface area contributed by atoms with Gasteiger partial charge in [0.15, 0.2) is 0 Å². The highest BCUT2D eigenvalue weighted by atomic mass is 35.5. The van der Waals surface area contributed by atoms with Gasteiger partial charge in [0, 0.05) is 24.7 Å². The lowest BCUT2D eigenvalue weighted by molar-refractivity contribution is 0.0887. The molecule has 1 aromatic heterocycles. The van der Waals surface area contributed by atoms with Crippen LogP contribution in [0.15, 0.2) is 51.9 Å². The zero-order chi connectivity index (χ0) is 18.1. The molecule has 2 heterocycles. The van der Waals surface area contributed by atoms with Crippen LogP contribution in [-0.4, -0.2) is 29.9 Å². The van der Waals surface area contributed by atoms with Crippen molar-refractivity contribution in [3.8, 4) is 16.9 Å². The molecule has 0 radical (unpaired) electrons. The van der Waals surface area contributed by atoms with E-state index in [1.54, 1.807) is 30.3 Å². The molecule has 134 valence electrons. The summed E-state index contributed by atoms with van der Waals surface area (Å²) in [6.07, 6.45) is 2.18. The zero-order valence-corrected chi connectivity index (χ0v) is 14.8. The highest BCUT2D eigenvalue weighted by molar-refractivity contribution is 6.30. The number of fused-ring (bicyclic) bond motifs is 3. The van der Waals surface area contributed by atoms with Gasteiger partial charge in [-0.15, -0.1) is 0 Å². The molecule has 3 aromatic rings. The summed E-state index contributed by atoms with van der Waals surface area (Å²) in [7, 11) is 0. The second kappa shape index (κ2) is 7.11. The van der Waals surface area contributed by atoms with E-state index in [1.165, 1.54) is 6.26 Å². The van der Waals surface area contributed by atoms with Crippen molar-refractivity contribution in [2.45, 2.75) is 13.0 Å². The Hall–Kier alpha value is -2.34. The number of benzene rings is 2. The molecule has 5 nitrogen and oxygen atoms in total. The van der Waals surface area contributed by atoms with Gasteiger partial charge in [-0.3, -0.25) is 9.69 Å². The van der Waals surface area contributed by atoms with E-state index in [2.05, 4.69) is 4.90 Å². The number of aliphatic hydroxyl groups excluding tert-OH is 1. The fourth-order valence-corrected chi connectivity index (χ4v) is 3.35. The predicted octanol–water partition coefficient (Wildman–Crippen LogP) is 3.65. The summed E-state index contributed by atoms with van der Waals surface area (Å²) in [5.74, 6) is 0.736. The maximum Gasteiger partial charge on any atom is 0.200 e. The molecule has 6 heteroatoms. The molecule has 0 amide bonds. The quantitative estimate of drug-likeness (QED) is 0.758. The maximum atomic E-state index is 13.0. The molecule has 0 fully saturated rings. The number of hydrogen-bond acceptors (Lipinski definition) is 5. The van der Waals surface area contributed by atoms with Crippen LogP contribution in [0.4, 0.5) is 0 Å². The average Bonchev–Trinajstić information content (AvgIpc) is 2.67. The largest absolute Gasteiger partial charge is 0.478 e. The van der Waals surface area contributed by atoms with E-state index < -0.39 is 0 Å². The molecule has 4 rings (SSSR count). The molecule has 0 saturated carbocycles. The summed E-state index contributed by atoms with van der Waals surface area (Å²) in [6, 6.07) is 10.7. The zero-order valence-electron chi connectivity index (χ0n) is 14.1. The molecule has 1 N–H and O–H groups in total. The molecule has 2 aromatic carbocycles. The van der Waals surface area contributed by atoms with Gasteiger partial charge in [0.2, 0.25) is 5.43 Å². The molecule has 1 aliphatic heterocycles. The van der Waals surface area contributed by atoms with Crippen molar-refractivity contribution in [2.75, 3.05) is 19.9 Å². The molecular formula is C20H18ClNO4. The third-order valence-corrected chi connectivity index (χ3v) is 4.83. The van der Waals surface area contributed by atoms with E-state index in [0.29, 0.717) is 41.3 Å².